The van der Waals surface area contributed by atoms with E-state index >= 15 is 0 Å². The van der Waals surface area contributed by atoms with E-state index in [2.05, 4.69) is 17.9 Å². The van der Waals surface area contributed by atoms with Gasteiger partial charge in [0.2, 0.25) is 10.0 Å². The molecule has 0 saturated carbocycles. The monoisotopic (exact) mass is 410 g/mol. The van der Waals surface area contributed by atoms with Crippen LogP contribution in [-0.4, -0.2) is 50.9 Å². The quantitative estimate of drug-likeness (QED) is 0.733. The van der Waals surface area contributed by atoms with Gasteiger partial charge in [0.05, 0.1) is 12.0 Å². The molecule has 0 spiro atoms. The van der Waals surface area contributed by atoms with Crippen LogP contribution < -0.4 is 4.74 Å². The average molecular weight is 411 g/mol. The van der Waals surface area contributed by atoms with Gasteiger partial charge < -0.3 is 4.74 Å². The van der Waals surface area contributed by atoms with Gasteiger partial charge in [-0.1, -0.05) is 31.2 Å². The van der Waals surface area contributed by atoms with Crippen LogP contribution in [0.5, 0.6) is 5.75 Å². The van der Waals surface area contributed by atoms with Crippen molar-refractivity contribution in [1.82, 2.24) is 9.21 Å². The van der Waals surface area contributed by atoms with E-state index in [0.29, 0.717) is 18.0 Å². The maximum atomic E-state index is 12.8. The van der Waals surface area contributed by atoms with E-state index in [9.17, 15) is 8.42 Å². The van der Waals surface area contributed by atoms with Crippen molar-refractivity contribution < 1.29 is 13.2 Å². The van der Waals surface area contributed by atoms with Crippen molar-refractivity contribution in [2.75, 3.05) is 33.3 Å². The zero-order chi connectivity index (χ0) is 18.6. The van der Waals surface area contributed by atoms with Crippen LogP contribution in [0, 0.1) is 0 Å². The Morgan fingerprint density at radius 1 is 0.963 bits per heavy atom. The second-order valence-electron chi connectivity index (χ2n) is 6.53. The normalized spacial score (nSPS) is 15.9. The van der Waals surface area contributed by atoms with Crippen molar-refractivity contribution >= 4 is 22.4 Å². The van der Waals surface area contributed by atoms with Crippen LogP contribution in [0.1, 0.15) is 18.1 Å². The Kier molecular flexibility index (Phi) is 7.68. The Bertz CT molecular complexity index is 833. The fourth-order valence-corrected chi connectivity index (χ4v) is 4.63. The number of nitrogens with zero attached hydrogens (tertiary/aromatic N) is 2. The van der Waals surface area contributed by atoms with Gasteiger partial charge in [-0.25, -0.2) is 8.42 Å². The van der Waals surface area contributed by atoms with E-state index in [1.54, 1.807) is 23.5 Å². The van der Waals surface area contributed by atoms with Gasteiger partial charge in [-0.3, -0.25) is 4.90 Å². The summed E-state index contributed by atoms with van der Waals surface area (Å²) >= 11 is 0. The van der Waals surface area contributed by atoms with E-state index < -0.39 is 10.0 Å². The first-order chi connectivity index (χ1) is 12.5. The van der Waals surface area contributed by atoms with Gasteiger partial charge in [0.15, 0.2) is 0 Å². The SMILES string of the molecule is CCc1ccc(S(=O)(=O)N2CCN(Cc3cccc(OC)c3)CC2)cc1.Cl. The predicted octanol–water partition coefficient (Wildman–Crippen LogP) is 3.19. The van der Waals surface area contributed by atoms with Gasteiger partial charge in [0.1, 0.15) is 5.75 Å². The molecule has 1 aliphatic rings. The lowest BCUT2D eigenvalue weighted by atomic mass is 10.2. The second kappa shape index (κ2) is 9.55. The van der Waals surface area contributed by atoms with Crippen LogP contribution in [0.15, 0.2) is 53.4 Å². The minimum absolute atomic E-state index is 0. The zero-order valence-corrected chi connectivity index (χ0v) is 17.4. The fourth-order valence-electron chi connectivity index (χ4n) is 3.20. The Balaban J connectivity index is 0.00000261. The number of hydrogen-bond donors (Lipinski definition) is 0. The predicted molar refractivity (Wildman–Crippen MR) is 110 cm³/mol. The first-order valence-corrected chi connectivity index (χ1v) is 10.4. The summed E-state index contributed by atoms with van der Waals surface area (Å²) < 4.78 is 32.5. The van der Waals surface area contributed by atoms with E-state index in [1.807, 2.05) is 30.3 Å². The molecule has 1 saturated heterocycles. The molecule has 0 radical (unpaired) electrons. The van der Waals surface area contributed by atoms with Crippen molar-refractivity contribution in [3.8, 4) is 5.75 Å². The third-order valence-corrected chi connectivity index (χ3v) is 6.75. The molecular weight excluding hydrogens is 384 g/mol. The van der Waals surface area contributed by atoms with Crippen LogP contribution in [0.2, 0.25) is 0 Å². The van der Waals surface area contributed by atoms with E-state index in [-0.39, 0.29) is 12.4 Å². The molecule has 0 aromatic heterocycles. The summed E-state index contributed by atoms with van der Waals surface area (Å²) in [6.07, 6.45) is 0.906. The topological polar surface area (TPSA) is 49.9 Å². The molecule has 5 nitrogen and oxygen atoms in total. The lowest BCUT2D eigenvalue weighted by molar-refractivity contribution is 0.181. The van der Waals surface area contributed by atoms with E-state index in [1.165, 1.54) is 5.56 Å². The van der Waals surface area contributed by atoms with Crippen molar-refractivity contribution in [3.63, 3.8) is 0 Å². The summed E-state index contributed by atoms with van der Waals surface area (Å²) in [4.78, 5) is 2.66. The van der Waals surface area contributed by atoms with Gasteiger partial charge in [0, 0.05) is 32.7 Å². The van der Waals surface area contributed by atoms with Crippen LogP contribution in [0.4, 0.5) is 0 Å². The smallest absolute Gasteiger partial charge is 0.243 e. The zero-order valence-electron chi connectivity index (χ0n) is 15.8. The first kappa shape index (κ1) is 21.7. The molecule has 0 amide bonds. The molecule has 1 heterocycles. The number of hydrogen-bond acceptors (Lipinski definition) is 4. The highest BCUT2D eigenvalue weighted by Gasteiger charge is 2.28. The fraction of sp³-hybridized carbons (Fsp3) is 0.400. The number of aryl methyl sites for hydroxylation is 1. The largest absolute Gasteiger partial charge is 0.497 e. The minimum Gasteiger partial charge on any atom is -0.497 e. The number of benzene rings is 2. The molecule has 3 rings (SSSR count). The molecule has 27 heavy (non-hydrogen) atoms. The molecule has 0 aliphatic carbocycles. The Labute approximate surface area is 168 Å². The summed E-state index contributed by atoms with van der Waals surface area (Å²) in [6, 6.07) is 15.2. The maximum absolute atomic E-state index is 12.8. The second-order valence-corrected chi connectivity index (χ2v) is 8.47. The summed E-state index contributed by atoms with van der Waals surface area (Å²) in [5, 5.41) is 0. The summed E-state index contributed by atoms with van der Waals surface area (Å²) in [6.45, 7) is 5.35. The van der Waals surface area contributed by atoms with Gasteiger partial charge in [-0.05, 0) is 41.8 Å². The van der Waals surface area contributed by atoms with Crippen molar-refractivity contribution in [3.05, 3.63) is 59.7 Å². The van der Waals surface area contributed by atoms with Gasteiger partial charge in [-0.15, -0.1) is 12.4 Å². The van der Waals surface area contributed by atoms with Gasteiger partial charge in [-0.2, -0.15) is 4.31 Å². The standard InChI is InChI=1S/C20H26N2O3S.ClH/c1-3-17-7-9-20(10-8-17)26(23,24)22-13-11-21(12-14-22)16-18-5-4-6-19(15-18)25-2;/h4-10,15H,3,11-14,16H2,1-2H3;1H. The third kappa shape index (κ3) is 5.23. The average Bonchev–Trinajstić information content (AvgIpc) is 2.68. The molecule has 2 aromatic rings. The summed E-state index contributed by atoms with van der Waals surface area (Å²) in [5.74, 6) is 0.847. The van der Waals surface area contributed by atoms with Crippen LogP contribution >= 0.6 is 12.4 Å². The van der Waals surface area contributed by atoms with Gasteiger partial charge in [0.25, 0.3) is 0 Å². The van der Waals surface area contributed by atoms with Crippen molar-refractivity contribution in [2.24, 2.45) is 0 Å². The number of piperazine rings is 1. The molecule has 148 valence electrons. The van der Waals surface area contributed by atoms with Crippen LogP contribution in [-0.2, 0) is 23.0 Å². The Morgan fingerprint density at radius 3 is 2.22 bits per heavy atom. The minimum atomic E-state index is -3.41. The number of sulfonamides is 1. The lowest BCUT2D eigenvalue weighted by Gasteiger charge is -2.34. The van der Waals surface area contributed by atoms with E-state index in [4.69, 9.17) is 4.74 Å². The number of ether oxygens (including phenoxy) is 1. The molecule has 1 aliphatic heterocycles. The molecule has 0 N–H and O–H groups in total. The molecule has 0 atom stereocenters. The Morgan fingerprint density at radius 2 is 1.63 bits per heavy atom. The molecule has 0 bridgehead atoms. The lowest BCUT2D eigenvalue weighted by Crippen LogP contribution is -2.48. The molecule has 2 aromatic carbocycles. The highest BCUT2D eigenvalue weighted by molar-refractivity contribution is 7.89. The number of rotatable bonds is 6. The molecule has 0 unspecified atom stereocenters. The van der Waals surface area contributed by atoms with Crippen LogP contribution in [0.3, 0.4) is 0 Å². The van der Waals surface area contributed by atoms with Crippen molar-refractivity contribution in [2.45, 2.75) is 24.8 Å². The molecular formula is C20H27ClN2O3S. The summed E-state index contributed by atoms with van der Waals surface area (Å²) in [7, 11) is -1.74. The van der Waals surface area contributed by atoms with Gasteiger partial charge >= 0.3 is 0 Å². The first-order valence-electron chi connectivity index (χ1n) is 8.97. The third-order valence-electron chi connectivity index (χ3n) is 4.84. The summed E-state index contributed by atoms with van der Waals surface area (Å²) in [5.41, 5.74) is 2.32. The number of methoxy groups -OCH3 is 1. The molecule has 7 heteroatoms. The van der Waals surface area contributed by atoms with Crippen LogP contribution in [0.25, 0.3) is 0 Å². The van der Waals surface area contributed by atoms with Crippen molar-refractivity contribution in [1.29, 1.82) is 0 Å². The van der Waals surface area contributed by atoms with E-state index in [0.717, 1.165) is 37.4 Å². The molecule has 1 fully saturated rings. The highest BCUT2D eigenvalue weighted by Crippen LogP contribution is 2.20. The number of halogens is 1. The Hall–Kier alpha value is -1.60. The maximum Gasteiger partial charge on any atom is 0.243 e. The highest BCUT2D eigenvalue weighted by atomic mass is 35.5.